The maximum Gasteiger partial charge on any atom is 0.122 e. The van der Waals surface area contributed by atoms with Crippen molar-refractivity contribution >= 4 is 0 Å². The Morgan fingerprint density at radius 3 is 2.53 bits per heavy atom. The molecule has 0 saturated carbocycles. The molecule has 0 aliphatic carbocycles. The fraction of sp³-hybridized carbons (Fsp3) is 0.267. The molecule has 0 spiro atoms. The second-order valence-electron chi connectivity index (χ2n) is 4.22. The van der Waals surface area contributed by atoms with Crippen molar-refractivity contribution in [2.45, 2.75) is 20.3 Å². The van der Waals surface area contributed by atoms with Crippen molar-refractivity contribution in [3.63, 3.8) is 0 Å². The van der Waals surface area contributed by atoms with Gasteiger partial charge in [-0.05, 0) is 43.2 Å². The zero-order chi connectivity index (χ0) is 12.1. The van der Waals surface area contributed by atoms with Crippen molar-refractivity contribution in [2.75, 3.05) is 6.61 Å². The van der Waals surface area contributed by atoms with Gasteiger partial charge in [-0.15, -0.1) is 0 Å². The van der Waals surface area contributed by atoms with Crippen molar-refractivity contribution in [1.29, 1.82) is 0 Å². The van der Waals surface area contributed by atoms with E-state index in [2.05, 4.69) is 31.0 Å². The highest BCUT2D eigenvalue weighted by molar-refractivity contribution is 5.35. The van der Waals surface area contributed by atoms with Crippen LogP contribution in [0.5, 0.6) is 5.75 Å². The van der Waals surface area contributed by atoms with Crippen molar-refractivity contribution in [2.24, 2.45) is 0 Å². The molecule has 0 bridgehead atoms. The molecular weight excluding hydrogens is 210 g/mol. The van der Waals surface area contributed by atoms with Crippen LogP contribution < -0.4 is 4.74 Å². The van der Waals surface area contributed by atoms with Crippen LogP contribution in [0, 0.1) is 13.8 Å². The van der Waals surface area contributed by atoms with E-state index in [1.54, 1.807) is 0 Å². The van der Waals surface area contributed by atoms with E-state index in [1.807, 2.05) is 30.6 Å². The van der Waals surface area contributed by atoms with Gasteiger partial charge in [0, 0.05) is 18.8 Å². The lowest BCUT2D eigenvalue weighted by Crippen LogP contribution is -2.02. The number of aryl methyl sites for hydroxylation is 2. The van der Waals surface area contributed by atoms with Crippen LogP contribution in [0.25, 0.3) is 0 Å². The molecule has 2 heteroatoms. The van der Waals surface area contributed by atoms with Gasteiger partial charge in [-0.3, -0.25) is 4.98 Å². The van der Waals surface area contributed by atoms with Gasteiger partial charge < -0.3 is 4.74 Å². The summed E-state index contributed by atoms with van der Waals surface area (Å²) in [6.45, 7) is 4.87. The SMILES string of the molecule is Cc1ccc(OCCc2ccncc2)c(C)c1. The van der Waals surface area contributed by atoms with Gasteiger partial charge in [0.1, 0.15) is 5.75 Å². The van der Waals surface area contributed by atoms with Crippen LogP contribution in [0.1, 0.15) is 16.7 Å². The summed E-state index contributed by atoms with van der Waals surface area (Å²) in [5, 5.41) is 0. The number of ether oxygens (including phenoxy) is 1. The second kappa shape index (κ2) is 5.48. The Morgan fingerprint density at radius 1 is 1.06 bits per heavy atom. The van der Waals surface area contributed by atoms with Gasteiger partial charge in [0.25, 0.3) is 0 Å². The van der Waals surface area contributed by atoms with E-state index in [9.17, 15) is 0 Å². The lowest BCUT2D eigenvalue weighted by molar-refractivity contribution is 0.319. The molecule has 0 unspecified atom stereocenters. The minimum atomic E-state index is 0.702. The molecule has 0 aliphatic heterocycles. The quantitative estimate of drug-likeness (QED) is 0.799. The van der Waals surface area contributed by atoms with Gasteiger partial charge in [0.2, 0.25) is 0 Å². The predicted octanol–water partition coefficient (Wildman–Crippen LogP) is 3.32. The highest BCUT2D eigenvalue weighted by Gasteiger charge is 1.99. The smallest absolute Gasteiger partial charge is 0.122 e. The molecule has 0 atom stereocenters. The zero-order valence-electron chi connectivity index (χ0n) is 10.3. The molecule has 0 N–H and O–H groups in total. The summed E-state index contributed by atoms with van der Waals surface area (Å²) in [6.07, 6.45) is 4.54. The Balaban J connectivity index is 1.90. The van der Waals surface area contributed by atoms with E-state index in [0.717, 1.165) is 12.2 Å². The zero-order valence-corrected chi connectivity index (χ0v) is 10.3. The average Bonchev–Trinajstić information content (AvgIpc) is 2.33. The summed E-state index contributed by atoms with van der Waals surface area (Å²) in [7, 11) is 0. The highest BCUT2D eigenvalue weighted by atomic mass is 16.5. The van der Waals surface area contributed by atoms with Crippen LogP contribution in [0.15, 0.2) is 42.7 Å². The topological polar surface area (TPSA) is 22.1 Å². The lowest BCUT2D eigenvalue weighted by atomic mass is 10.1. The first-order chi connectivity index (χ1) is 8.25. The van der Waals surface area contributed by atoms with Gasteiger partial charge in [0.05, 0.1) is 6.61 Å². The van der Waals surface area contributed by atoms with Gasteiger partial charge in [-0.2, -0.15) is 0 Å². The number of benzene rings is 1. The van der Waals surface area contributed by atoms with Crippen LogP contribution in [0.4, 0.5) is 0 Å². The molecule has 0 saturated heterocycles. The number of aromatic nitrogens is 1. The summed E-state index contributed by atoms with van der Waals surface area (Å²) < 4.78 is 5.78. The van der Waals surface area contributed by atoms with Crippen LogP contribution in [0.2, 0.25) is 0 Å². The van der Waals surface area contributed by atoms with Crippen LogP contribution >= 0.6 is 0 Å². The van der Waals surface area contributed by atoms with E-state index in [4.69, 9.17) is 4.74 Å². The molecule has 1 aromatic heterocycles. The van der Waals surface area contributed by atoms with Crippen molar-refractivity contribution in [1.82, 2.24) is 4.98 Å². The van der Waals surface area contributed by atoms with Gasteiger partial charge in [-0.25, -0.2) is 0 Å². The minimum Gasteiger partial charge on any atom is -0.493 e. The lowest BCUT2D eigenvalue weighted by Gasteiger charge is -2.09. The maximum absolute atomic E-state index is 5.78. The molecule has 0 radical (unpaired) electrons. The molecule has 2 rings (SSSR count). The predicted molar refractivity (Wildman–Crippen MR) is 69.4 cm³/mol. The van der Waals surface area contributed by atoms with Crippen LogP contribution in [0.3, 0.4) is 0 Å². The number of rotatable bonds is 4. The van der Waals surface area contributed by atoms with E-state index >= 15 is 0 Å². The molecule has 2 aromatic rings. The first kappa shape index (κ1) is 11.6. The molecule has 0 amide bonds. The van der Waals surface area contributed by atoms with E-state index in [-0.39, 0.29) is 0 Å². The average molecular weight is 227 g/mol. The van der Waals surface area contributed by atoms with Crippen LogP contribution in [-0.2, 0) is 6.42 Å². The summed E-state index contributed by atoms with van der Waals surface area (Å²) in [6, 6.07) is 10.3. The largest absolute Gasteiger partial charge is 0.493 e. The Kier molecular flexibility index (Phi) is 3.76. The first-order valence-corrected chi connectivity index (χ1v) is 5.84. The molecule has 17 heavy (non-hydrogen) atoms. The molecule has 0 fully saturated rings. The van der Waals surface area contributed by atoms with Crippen molar-refractivity contribution < 1.29 is 4.74 Å². The van der Waals surface area contributed by atoms with Gasteiger partial charge >= 0.3 is 0 Å². The van der Waals surface area contributed by atoms with E-state index in [1.165, 1.54) is 16.7 Å². The first-order valence-electron chi connectivity index (χ1n) is 5.84. The van der Waals surface area contributed by atoms with Crippen molar-refractivity contribution in [3.8, 4) is 5.75 Å². The Labute approximate surface area is 102 Å². The molecule has 0 aliphatic rings. The van der Waals surface area contributed by atoms with E-state index < -0.39 is 0 Å². The fourth-order valence-electron chi connectivity index (χ4n) is 1.79. The number of nitrogens with zero attached hydrogens (tertiary/aromatic N) is 1. The Bertz CT molecular complexity index is 480. The number of hydrogen-bond acceptors (Lipinski definition) is 2. The third-order valence-electron chi connectivity index (χ3n) is 2.73. The standard InChI is InChI=1S/C15H17NO/c1-12-3-4-15(13(2)11-12)17-10-7-14-5-8-16-9-6-14/h3-6,8-9,11H,7,10H2,1-2H3. The summed E-state index contributed by atoms with van der Waals surface area (Å²) in [5.74, 6) is 0.977. The van der Waals surface area contributed by atoms with Gasteiger partial charge in [0.15, 0.2) is 0 Å². The normalized spacial score (nSPS) is 10.2. The second-order valence-corrected chi connectivity index (χ2v) is 4.22. The number of pyridine rings is 1. The molecule has 88 valence electrons. The van der Waals surface area contributed by atoms with Gasteiger partial charge in [-0.1, -0.05) is 17.7 Å². The third kappa shape index (κ3) is 3.31. The molecule has 1 aromatic carbocycles. The Morgan fingerprint density at radius 2 is 1.82 bits per heavy atom. The van der Waals surface area contributed by atoms with E-state index in [0.29, 0.717) is 6.61 Å². The minimum absolute atomic E-state index is 0.702. The summed E-state index contributed by atoms with van der Waals surface area (Å²) >= 11 is 0. The Hall–Kier alpha value is -1.83. The summed E-state index contributed by atoms with van der Waals surface area (Å²) in [5.41, 5.74) is 3.72. The fourth-order valence-corrected chi connectivity index (χ4v) is 1.79. The van der Waals surface area contributed by atoms with Crippen LogP contribution in [-0.4, -0.2) is 11.6 Å². The summed E-state index contributed by atoms with van der Waals surface area (Å²) in [4.78, 5) is 3.99. The van der Waals surface area contributed by atoms with Crippen molar-refractivity contribution in [3.05, 3.63) is 59.4 Å². The highest BCUT2D eigenvalue weighted by Crippen LogP contribution is 2.18. The number of hydrogen-bond donors (Lipinski definition) is 0. The monoisotopic (exact) mass is 227 g/mol. The molecular formula is C15H17NO. The molecule has 2 nitrogen and oxygen atoms in total. The third-order valence-corrected chi connectivity index (χ3v) is 2.73. The maximum atomic E-state index is 5.78. The molecule has 1 heterocycles.